The van der Waals surface area contributed by atoms with Gasteiger partial charge >= 0.3 is 11.4 Å². The van der Waals surface area contributed by atoms with E-state index in [9.17, 15) is 20.2 Å². The van der Waals surface area contributed by atoms with Gasteiger partial charge in [-0.25, -0.2) is 9.67 Å². The standard InChI is InChI=1S/C9H7N5O5/c1-19-9-3-6(12-5-10-4-11-12)7(13(15)16)2-8(9)14(17)18/h2-5H,1H3. The Labute approximate surface area is 105 Å². The highest BCUT2D eigenvalue weighted by Gasteiger charge is 2.26. The highest BCUT2D eigenvalue weighted by molar-refractivity contribution is 5.64. The van der Waals surface area contributed by atoms with Crippen molar-refractivity contribution in [2.75, 3.05) is 7.11 Å². The first-order valence-corrected chi connectivity index (χ1v) is 4.90. The smallest absolute Gasteiger partial charge is 0.317 e. The van der Waals surface area contributed by atoms with E-state index in [1.165, 1.54) is 25.8 Å². The molecule has 10 heteroatoms. The van der Waals surface area contributed by atoms with E-state index in [-0.39, 0.29) is 11.4 Å². The van der Waals surface area contributed by atoms with Crippen LogP contribution in [0.15, 0.2) is 24.8 Å². The van der Waals surface area contributed by atoms with Crippen LogP contribution in [0.2, 0.25) is 0 Å². The van der Waals surface area contributed by atoms with Gasteiger partial charge < -0.3 is 4.74 Å². The third kappa shape index (κ3) is 2.18. The van der Waals surface area contributed by atoms with E-state index in [2.05, 4.69) is 10.1 Å². The highest BCUT2D eigenvalue weighted by Crippen LogP contribution is 2.35. The van der Waals surface area contributed by atoms with E-state index in [1.54, 1.807) is 0 Å². The molecule has 0 unspecified atom stereocenters. The third-order valence-corrected chi connectivity index (χ3v) is 2.34. The number of nitro benzene ring substituents is 2. The molecule has 0 aliphatic rings. The normalized spacial score (nSPS) is 10.2. The Morgan fingerprint density at radius 1 is 1.21 bits per heavy atom. The first-order valence-electron chi connectivity index (χ1n) is 4.90. The van der Waals surface area contributed by atoms with Crippen LogP contribution < -0.4 is 4.74 Å². The SMILES string of the molecule is COc1cc(-n2cncn2)c([N+](=O)[O-])cc1[N+](=O)[O-]. The van der Waals surface area contributed by atoms with Gasteiger partial charge in [-0.2, -0.15) is 5.10 Å². The Kier molecular flexibility index (Phi) is 3.06. The fraction of sp³-hybridized carbons (Fsp3) is 0.111. The summed E-state index contributed by atoms with van der Waals surface area (Å²) >= 11 is 0. The Bertz CT molecular complexity index is 639. The first-order chi connectivity index (χ1) is 9.04. The summed E-state index contributed by atoms with van der Waals surface area (Å²) < 4.78 is 5.98. The average Bonchev–Trinajstić information content (AvgIpc) is 2.90. The maximum absolute atomic E-state index is 11.0. The molecule has 0 fully saturated rings. The molecular weight excluding hydrogens is 258 g/mol. The van der Waals surface area contributed by atoms with Crippen LogP contribution in [-0.2, 0) is 0 Å². The summed E-state index contributed by atoms with van der Waals surface area (Å²) in [6, 6.07) is 2.00. The second-order valence-electron chi connectivity index (χ2n) is 3.37. The zero-order valence-corrected chi connectivity index (χ0v) is 9.59. The Morgan fingerprint density at radius 3 is 2.37 bits per heavy atom. The fourth-order valence-electron chi connectivity index (χ4n) is 1.52. The topological polar surface area (TPSA) is 126 Å². The number of benzene rings is 1. The van der Waals surface area contributed by atoms with E-state index < -0.39 is 21.2 Å². The molecule has 0 aliphatic heterocycles. The molecule has 0 saturated carbocycles. The van der Waals surface area contributed by atoms with E-state index in [1.807, 2.05) is 0 Å². The van der Waals surface area contributed by atoms with Crippen molar-refractivity contribution in [2.45, 2.75) is 0 Å². The molecule has 2 aromatic rings. The third-order valence-electron chi connectivity index (χ3n) is 2.34. The van der Waals surface area contributed by atoms with Crippen LogP contribution in [-0.4, -0.2) is 31.7 Å². The maximum Gasteiger partial charge on any atom is 0.317 e. The van der Waals surface area contributed by atoms with Crippen molar-refractivity contribution in [3.8, 4) is 11.4 Å². The van der Waals surface area contributed by atoms with Crippen molar-refractivity contribution >= 4 is 11.4 Å². The van der Waals surface area contributed by atoms with Gasteiger partial charge in [0.05, 0.1) is 17.0 Å². The van der Waals surface area contributed by atoms with E-state index in [0.29, 0.717) is 0 Å². The molecule has 0 amide bonds. The number of hydrogen-bond acceptors (Lipinski definition) is 7. The highest BCUT2D eigenvalue weighted by atomic mass is 16.6. The number of nitro groups is 2. The van der Waals surface area contributed by atoms with Crippen molar-refractivity contribution < 1.29 is 14.6 Å². The van der Waals surface area contributed by atoms with Crippen molar-refractivity contribution in [3.05, 3.63) is 45.0 Å². The molecule has 0 saturated heterocycles. The molecule has 19 heavy (non-hydrogen) atoms. The lowest BCUT2D eigenvalue weighted by Gasteiger charge is -2.06. The van der Waals surface area contributed by atoms with Crippen LogP contribution in [0.4, 0.5) is 11.4 Å². The van der Waals surface area contributed by atoms with Crippen LogP contribution in [0.25, 0.3) is 5.69 Å². The first kappa shape index (κ1) is 12.4. The molecule has 0 spiro atoms. The number of methoxy groups -OCH3 is 1. The molecule has 0 aliphatic carbocycles. The molecule has 1 aromatic heterocycles. The Hall–Kier alpha value is -3.04. The van der Waals surface area contributed by atoms with Gasteiger partial charge in [-0.1, -0.05) is 0 Å². The van der Waals surface area contributed by atoms with E-state index in [0.717, 1.165) is 10.7 Å². The molecule has 1 aromatic carbocycles. The van der Waals surface area contributed by atoms with Crippen LogP contribution in [0, 0.1) is 20.2 Å². The zero-order chi connectivity index (χ0) is 14.0. The van der Waals surface area contributed by atoms with Gasteiger partial charge in [0.15, 0.2) is 5.75 Å². The summed E-state index contributed by atoms with van der Waals surface area (Å²) in [6.07, 6.45) is 2.44. The van der Waals surface area contributed by atoms with Crippen LogP contribution >= 0.6 is 0 Å². The summed E-state index contributed by atoms with van der Waals surface area (Å²) in [5.41, 5.74) is -0.916. The molecule has 10 nitrogen and oxygen atoms in total. The summed E-state index contributed by atoms with van der Waals surface area (Å²) in [7, 11) is 1.24. The van der Waals surface area contributed by atoms with E-state index >= 15 is 0 Å². The Morgan fingerprint density at radius 2 is 1.89 bits per heavy atom. The predicted molar refractivity (Wildman–Crippen MR) is 61.2 cm³/mol. The number of hydrogen-bond donors (Lipinski definition) is 0. The minimum atomic E-state index is -0.753. The number of rotatable bonds is 4. The maximum atomic E-state index is 11.0. The fourth-order valence-corrected chi connectivity index (χ4v) is 1.52. The molecule has 0 N–H and O–H groups in total. The summed E-state index contributed by atoms with van der Waals surface area (Å²) in [6.45, 7) is 0. The number of aromatic nitrogens is 3. The second kappa shape index (κ2) is 4.68. The van der Waals surface area contributed by atoms with Gasteiger partial charge in [0.1, 0.15) is 24.4 Å². The van der Waals surface area contributed by atoms with Gasteiger partial charge in [-0.05, 0) is 0 Å². The van der Waals surface area contributed by atoms with Gasteiger partial charge in [0.2, 0.25) is 0 Å². The lowest BCUT2D eigenvalue weighted by atomic mass is 10.2. The van der Waals surface area contributed by atoms with Crippen molar-refractivity contribution in [3.63, 3.8) is 0 Å². The molecule has 0 bridgehead atoms. The largest absolute Gasteiger partial charge is 0.490 e. The minimum Gasteiger partial charge on any atom is -0.490 e. The van der Waals surface area contributed by atoms with Crippen LogP contribution in [0.1, 0.15) is 0 Å². The van der Waals surface area contributed by atoms with Gasteiger partial charge in [0, 0.05) is 6.07 Å². The summed E-state index contributed by atoms with van der Waals surface area (Å²) in [4.78, 5) is 24.0. The molecule has 98 valence electrons. The average molecular weight is 265 g/mol. The molecule has 0 radical (unpaired) electrons. The molecule has 1 heterocycles. The van der Waals surface area contributed by atoms with Crippen molar-refractivity contribution in [1.82, 2.24) is 14.8 Å². The monoisotopic (exact) mass is 265 g/mol. The van der Waals surface area contributed by atoms with Crippen molar-refractivity contribution in [2.24, 2.45) is 0 Å². The summed E-state index contributed by atoms with van der Waals surface area (Å²) in [5, 5.41) is 25.5. The minimum absolute atomic E-state index is 0.0324. The lowest BCUT2D eigenvalue weighted by Crippen LogP contribution is -2.03. The second-order valence-corrected chi connectivity index (χ2v) is 3.37. The molecule has 2 rings (SSSR count). The zero-order valence-electron chi connectivity index (χ0n) is 9.59. The summed E-state index contributed by atoms with van der Waals surface area (Å²) in [5.74, 6) is -0.0962. The van der Waals surface area contributed by atoms with Gasteiger partial charge in [-0.3, -0.25) is 20.2 Å². The predicted octanol–water partition coefficient (Wildman–Crippen LogP) is 1.09. The van der Waals surface area contributed by atoms with Gasteiger partial charge in [0.25, 0.3) is 0 Å². The van der Waals surface area contributed by atoms with Crippen LogP contribution in [0.5, 0.6) is 5.75 Å². The van der Waals surface area contributed by atoms with Crippen LogP contribution in [0.3, 0.4) is 0 Å². The number of nitrogens with zero attached hydrogens (tertiary/aromatic N) is 5. The van der Waals surface area contributed by atoms with Gasteiger partial charge in [-0.15, -0.1) is 0 Å². The van der Waals surface area contributed by atoms with E-state index in [4.69, 9.17) is 4.74 Å². The molecule has 0 atom stereocenters. The molecular formula is C9H7N5O5. The number of ether oxygens (including phenoxy) is 1. The van der Waals surface area contributed by atoms with Crippen molar-refractivity contribution in [1.29, 1.82) is 0 Å². The Balaban J connectivity index is 2.72. The lowest BCUT2D eigenvalue weighted by molar-refractivity contribution is -0.394. The quantitative estimate of drug-likeness (QED) is 0.598.